The van der Waals surface area contributed by atoms with Crippen LogP contribution in [0.25, 0.3) is 0 Å². The molecule has 0 aliphatic rings. The van der Waals surface area contributed by atoms with E-state index in [2.05, 4.69) is 12.2 Å². The first-order valence-electron chi connectivity index (χ1n) is 5.45. The summed E-state index contributed by atoms with van der Waals surface area (Å²) in [7, 11) is 0. The Balaban J connectivity index is 2.46. The van der Waals surface area contributed by atoms with Crippen molar-refractivity contribution >= 4 is 28.8 Å². The van der Waals surface area contributed by atoms with E-state index in [0.717, 1.165) is 11.3 Å². The van der Waals surface area contributed by atoms with Crippen LogP contribution in [0.3, 0.4) is 0 Å². The number of carbonyl (C=O) groups excluding carboxylic acids is 1. The Morgan fingerprint density at radius 3 is 2.75 bits per heavy atom. The van der Waals surface area contributed by atoms with Crippen molar-refractivity contribution in [3.63, 3.8) is 0 Å². The molecule has 1 amide bonds. The number of alkyl halides is 1. The quantitative estimate of drug-likeness (QED) is 0.808. The molecule has 0 aliphatic heterocycles. The zero-order valence-corrected chi connectivity index (χ0v) is 11.5. The standard InChI is InChI=1S/C12H18ClNOS/c1-8(4-5-13)7-14-12(15)11-6-9(2)10(3)16-11/h6,8H,4-5,7H2,1-3H3,(H,14,15). The lowest BCUT2D eigenvalue weighted by Gasteiger charge is -2.09. The smallest absolute Gasteiger partial charge is 0.261 e. The molecule has 0 bridgehead atoms. The SMILES string of the molecule is Cc1cc(C(=O)NCC(C)CCCl)sc1C. The molecule has 1 atom stereocenters. The van der Waals surface area contributed by atoms with Crippen LogP contribution < -0.4 is 5.32 Å². The lowest BCUT2D eigenvalue weighted by Crippen LogP contribution is -2.27. The van der Waals surface area contributed by atoms with Crippen molar-refractivity contribution in [2.24, 2.45) is 5.92 Å². The van der Waals surface area contributed by atoms with Crippen LogP contribution in [0, 0.1) is 19.8 Å². The molecule has 16 heavy (non-hydrogen) atoms. The highest BCUT2D eigenvalue weighted by Crippen LogP contribution is 2.20. The second kappa shape index (κ2) is 6.26. The van der Waals surface area contributed by atoms with Gasteiger partial charge in [-0.15, -0.1) is 22.9 Å². The van der Waals surface area contributed by atoms with Gasteiger partial charge < -0.3 is 5.32 Å². The second-order valence-corrected chi connectivity index (χ2v) is 5.78. The topological polar surface area (TPSA) is 29.1 Å². The average Bonchev–Trinajstić information content (AvgIpc) is 2.56. The highest BCUT2D eigenvalue weighted by atomic mass is 35.5. The summed E-state index contributed by atoms with van der Waals surface area (Å²) in [4.78, 5) is 13.8. The van der Waals surface area contributed by atoms with E-state index < -0.39 is 0 Å². The fraction of sp³-hybridized carbons (Fsp3) is 0.583. The molecule has 4 heteroatoms. The van der Waals surface area contributed by atoms with Gasteiger partial charge in [-0.25, -0.2) is 0 Å². The monoisotopic (exact) mass is 259 g/mol. The summed E-state index contributed by atoms with van der Waals surface area (Å²) in [6.07, 6.45) is 0.935. The van der Waals surface area contributed by atoms with Gasteiger partial charge in [0.05, 0.1) is 4.88 Å². The molecular formula is C12H18ClNOS. The Morgan fingerprint density at radius 1 is 1.56 bits per heavy atom. The van der Waals surface area contributed by atoms with Gasteiger partial charge in [-0.1, -0.05) is 6.92 Å². The van der Waals surface area contributed by atoms with E-state index in [-0.39, 0.29) is 5.91 Å². The van der Waals surface area contributed by atoms with Gasteiger partial charge in [0, 0.05) is 17.3 Å². The number of hydrogen-bond acceptors (Lipinski definition) is 2. The van der Waals surface area contributed by atoms with Crippen LogP contribution in [0.2, 0.25) is 0 Å². The predicted octanol–water partition coefficient (Wildman–Crippen LogP) is 3.36. The van der Waals surface area contributed by atoms with Crippen LogP contribution >= 0.6 is 22.9 Å². The minimum Gasteiger partial charge on any atom is -0.351 e. The molecule has 90 valence electrons. The van der Waals surface area contributed by atoms with Gasteiger partial charge in [-0.3, -0.25) is 4.79 Å². The molecular weight excluding hydrogens is 242 g/mol. The maximum atomic E-state index is 11.8. The number of rotatable bonds is 5. The zero-order valence-electron chi connectivity index (χ0n) is 9.97. The van der Waals surface area contributed by atoms with E-state index in [9.17, 15) is 4.79 Å². The summed E-state index contributed by atoms with van der Waals surface area (Å²) in [5, 5.41) is 2.94. The Morgan fingerprint density at radius 2 is 2.25 bits per heavy atom. The summed E-state index contributed by atoms with van der Waals surface area (Å²) in [5.74, 6) is 1.11. The molecule has 0 aromatic carbocycles. The maximum Gasteiger partial charge on any atom is 0.261 e. The molecule has 0 spiro atoms. The highest BCUT2D eigenvalue weighted by Gasteiger charge is 2.11. The van der Waals surface area contributed by atoms with Crippen molar-refractivity contribution in [3.05, 3.63) is 21.4 Å². The van der Waals surface area contributed by atoms with E-state index in [1.165, 1.54) is 10.4 Å². The fourth-order valence-corrected chi connectivity index (χ4v) is 2.65. The predicted molar refractivity (Wildman–Crippen MR) is 70.6 cm³/mol. The van der Waals surface area contributed by atoms with Crippen LogP contribution in [-0.2, 0) is 0 Å². The first-order chi connectivity index (χ1) is 7.54. The number of halogens is 1. The van der Waals surface area contributed by atoms with E-state index in [4.69, 9.17) is 11.6 Å². The van der Waals surface area contributed by atoms with Crippen LogP contribution in [0.1, 0.15) is 33.5 Å². The van der Waals surface area contributed by atoms with Crippen LogP contribution in [-0.4, -0.2) is 18.3 Å². The number of aryl methyl sites for hydroxylation is 2. The number of nitrogens with one attached hydrogen (secondary N) is 1. The van der Waals surface area contributed by atoms with Crippen LogP contribution in [0.4, 0.5) is 0 Å². The molecule has 0 saturated carbocycles. The lowest BCUT2D eigenvalue weighted by atomic mass is 10.1. The van der Waals surface area contributed by atoms with Gasteiger partial charge in [0.1, 0.15) is 0 Å². The van der Waals surface area contributed by atoms with Crippen molar-refractivity contribution < 1.29 is 4.79 Å². The van der Waals surface area contributed by atoms with E-state index in [1.54, 1.807) is 11.3 Å². The van der Waals surface area contributed by atoms with Gasteiger partial charge in [-0.05, 0) is 37.8 Å². The van der Waals surface area contributed by atoms with Crippen molar-refractivity contribution in [3.8, 4) is 0 Å². The third-order valence-corrected chi connectivity index (χ3v) is 3.97. The molecule has 1 aromatic heterocycles. The summed E-state index contributed by atoms with van der Waals surface area (Å²) in [6.45, 7) is 6.85. The molecule has 1 rings (SSSR count). The highest BCUT2D eigenvalue weighted by molar-refractivity contribution is 7.14. The molecule has 0 radical (unpaired) electrons. The van der Waals surface area contributed by atoms with Gasteiger partial charge >= 0.3 is 0 Å². The Labute approximate surface area is 106 Å². The van der Waals surface area contributed by atoms with Crippen molar-refractivity contribution in [1.29, 1.82) is 0 Å². The number of hydrogen-bond donors (Lipinski definition) is 1. The molecule has 1 N–H and O–H groups in total. The fourth-order valence-electron chi connectivity index (χ4n) is 1.33. The largest absolute Gasteiger partial charge is 0.351 e. The first-order valence-corrected chi connectivity index (χ1v) is 6.81. The molecule has 2 nitrogen and oxygen atoms in total. The normalized spacial score (nSPS) is 12.5. The molecule has 0 saturated heterocycles. The second-order valence-electron chi connectivity index (χ2n) is 4.14. The Bertz CT molecular complexity index is 342. The van der Waals surface area contributed by atoms with Crippen molar-refractivity contribution in [2.75, 3.05) is 12.4 Å². The molecule has 1 unspecified atom stereocenters. The van der Waals surface area contributed by atoms with E-state index >= 15 is 0 Å². The first kappa shape index (κ1) is 13.5. The zero-order chi connectivity index (χ0) is 12.1. The Hall–Kier alpha value is -0.540. The van der Waals surface area contributed by atoms with Gasteiger partial charge in [-0.2, -0.15) is 0 Å². The van der Waals surface area contributed by atoms with Crippen molar-refractivity contribution in [1.82, 2.24) is 5.32 Å². The molecule has 1 aromatic rings. The molecule has 0 aliphatic carbocycles. The minimum atomic E-state index is 0.0302. The molecule has 1 heterocycles. The Kier molecular flexibility index (Phi) is 5.29. The summed E-state index contributed by atoms with van der Waals surface area (Å²) in [6, 6.07) is 1.95. The summed E-state index contributed by atoms with van der Waals surface area (Å²) < 4.78 is 0. The van der Waals surface area contributed by atoms with Crippen LogP contribution in [0.5, 0.6) is 0 Å². The maximum absolute atomic E-state index is 11.8. The van der Waals surface area contributed by atoms with E-state index in [1.807, 2.05) is 19.9 Å². The number of carbonyl (C=O) groups is 1. The summed E-state index contributed by atoms with van der Waals surface area (Å²) >= 11 is 7.19. The van der Waals surface area contributed by atoms with Gasteiger partial charge in [0.25, 0.3) is 5.91 Å². The average molecular weight is 260 g/mol. The lowest BCUT2D eigenvalue weighted by molar-refractivity contribution is 0.0952. The summed E-state index contributed by atoms with van der Waals surface area (Å²) in [5.41, 5.74) is 1.18. The third-order valence-electron chi connectivity index (χ3n) is 2.60. The van der Waals surface area contributed by atoms with Crippen LogP contribution in [0.15, 0.2) is 6.07 Å². The number of thiophene rings is 1. The van der Waals surface area contributed by atoms with Gasteiger partial charge in [0.15, 0.2) is 0 Å². The molecule has 0 fully saturated rings. The van der Waals surface area contributed by atoms with Crippen molar-refractivity contribution in [2.45, 2.75) is 27.2 Å². The van der Waals surface area contributed by atoms with Gasteiger partial charge in [0.2, 0.25) is 0 Å². The minimum absolute atomic E-state index is 0.0302. The third kappa shape index (κ3) is 3.80. The van der Waals surface area contributed by atoms with E-state index in [0.29, 0.717) is 18.3 Å². The number of amides is 1.